The van der Waals surface area contributed by atoms with E-state index in [0.29, 0.717) is 48.1 Å². The number of imide groups is 2. The van der Waals surface area contributed by atoms with Crippen molar-refractivity contribution in [1.29, 1.82) is 0 Å². The molecule has 0 spiro atoms. The van der Waals surface area contributed by atoms with Crippen LogP contribution in [0.5, 0.6) is 17.2 Å². The predicted molar refractivity (Wildman–Crippen MR) is 158 cm³/mol. The summed E-state index contributed by atoms with van der Waals surface area (Å²) >= 11 is 0. The van der Waals surface area contributed by atoms with Crippen LogP contribution in [0, 0.1) is 11.3 Å². The average molecular weight is 587 g/mol. The first-order chi connectivity index (χ1) is 20.8. The van der Waals surface area contributed by atoms with Gasteiger partial charge in [-0.3, -0.25) is 19.7 Å². The molecule has 2 bridgehead atoms. The first kappa shape index (κ1) is 28.5. The van der Waals surface area contributed by atoms with E-state index in [-0.39, 0.29) is 30.4 Å². The molecule has 224 valence electrons. The number of rotatable bonds is 8. The Morgan fingerprint density at radius 1 is 0.860 bits per heavy atom. The Hall–Kier alpha value is -4.64. The normalized spacial score (nSPS) is 23.4. The van der Waals surface area contributed by atoms with Crippen molar-refractivity contribution >= 4 is 23.5 Å². The number of piperidine rings is 1. The van der Waals surface area contributed by atoms with Crippen molar-refractivity contribution in [2.24, 2.45) is 11.3 Å². The number of barbiturate groups is 1. The number of carbonyl (C=O) groups is 3. The Labute approximate surface area is 248 Å². The van der Waals surface area contributed by atoms with Crippen LogP contribution < -0.4 is 30.0 Å². The van der Waals surface area contributed by atoms with Crippen LogP contribution in [-0.4, -0.2) is 68.3 Å². The molecule has 11 heteroatoms. The number of nitrogens with zero attached hydrogens (tertiary/aromatic N) is 3. The fourth-order valence-electron chi connectivity index (χ4n) is 6.84. The van der Waals surface area contributed by atoms with Gasteiger partial charge in [0.05, 0.1) is 27.0 Å². The molecule has 6 rings (SSSR count). The highest BCUT2D eigenvalue weighted by atomic mass is 16.5. The minimum Gasteiger partial charge on any atom is -0.497 e. The minimum atomic E-state index is -1.67. The number of aromatic nitrogens is 1. The number of anilines is 1. The Morgan fingerprint density at radius 2 is 1.63 bits per heavy atom. The zero-order valence-corrected chi connectivity index (χ0v) is 24.4. The van der Waals surface area contributed by atoms with Gasteiger partial charge in [0.15, 0.2) is 0 Å². The molecule has 1 unspecified atom stereocenters. The molecular weight excluding hydrogens is 552 g/mol. The van der Waals surface area contributed by atoms with Gasteiger partial charge in [-0.15, -0.1) is 0 Å². The standard InChI is InChI=1S/C32H34N4O7/c1-41-24-7-4-6-23(13-24)36-30(39)32(29(38)33-31(36)40,15-21-10-11-25(42-2)14-27(21)43-3)19-34-16-20-12-22(18-34)26-8-5-9-28(37)35(26)17-20/h4-11,13-14,20,22H,12,15-19H2,1-3H3,(H,33,38,40)/t20-,22+,32?/m1/s1. The van der Waals surface area contributed by atoms with E-state index in [0.717, 1.165) is 17.0 Å². The molecule has 2 fully saturated rings. The van der Waals surface area contributed by atoms with E-state index in [4.69, 9.17) is 14.2 Å². The summed E-state index contributed by atoms with van der Waals surface area (Å²) in [4.78, 5) is 57.6. The fraction of sp³-hybridized carbons (Fsp3) is 0.375. The molecule has 3 aliphatic rings. The number of hydrogen-bond donors (Lipinski definition) is 1. The highest BCUT2D eigenvalue weighted by molar-refractivity contribution is 6.30. The number of urea groups is 1. The Bertz CT molecular complexity index is 1650. The van der Waals surface area contributed by atoms with Crippen LogP contribution in [0.25, 0.3) is 0 Å². The number of nitrogens with one attached hydrogen (secondary N) is 1. The molecule has 3 atom stereocenters. The average Bonchev–Trinajstić information content (AvgIpc) is 3.01. The summed E-state index contributed by atoms with van der Waals surface area (Å²) in [5.41, 5.74) is 0.205. The van der Waals surface area contributed by atoms with Gasteiger partial charge in [0, 0.05) is 62.4 Å². The van der Waals surface area contributed by atoms with Gasteiger partial charge in [0.2, 0.25) is 5.91 Å². The van der Waals surface area contributed by atoms with Crippen LogP contribution >= 0.6 is 0 Å². The van der Waals surface area contributed by atoms with E-state index in [9.17, 15) is 19.2 Å². The smallest absolute Gasteiger partial charge is 0.335 e. The Balaban J connectivity index is 1.41. The van der Waals surface area contributed by atoms with Crippen molar-refractivity contribution < 1.29 is 28.6 Å². The highest BCUT2D eigenvalue weighted by Crippen LogP contribution is 2.41. The predicted octanol–water partition coefficient (Wildman–Crippen LogP) is 2.81. The van der Waals surface area contributed by atoms with E-state index in [2.05, 4.69) is 10.2 Å². The quantitative estimate of drug-likeness (QED) is 0.401. The molecule has 2 saturated heterocycles. The van der Waals surface area contributed by atoms with Crippen LogP contribution in [0.3, 0.4) is 0 Å². The fourth-order valence-corrected chi connectivity index (χ4v) is 6.84. The molecule has 1 aromatic heterocycles. The number of carbonyl (C=O) groups excluding carboxylic acids is 3. The third-order valence-corrected chi connectivity index (χ3v) is 8.82. The molecule has 2 aromatic carbocycles. The van der Waals surface area contributed by atoms with Gasteiger partial charge in [-0.2, -0.15) is 0 Å². The molecule has 3 aromatic rings. The molecule has 11 nitrogen and oxygen atoms in total. The molecule has 0 saturated carbocycles. The number of likely N-dealkylation sites (tertiary alicyclic amines) is 1. The number of benzene rings is 2. The zero-order valence-electron chi connectivity index (χ0n) is 24.4. The van der Waals surface area contributed by atoms with Gasteiger partial charge in [0.25, 0.3) is 11.5 Å². The number of amides is 4. The lowest BCUT2D eigenvalue weighted by atomic mass is 9.75. The molecule has 4 amide bonds. The first-order valence-corrected chi connectivity index (χ1v) is 14.2. The van der Waals surface area contributed by atoms with Crippen molar-refractivity contribution in [3.05, 3.63) is 82.3 Å². The monoisotopic (exact) mass is 586 g/mol. The van der Waals surface area contributed by atoms with Crippen molar-refractivity contribution in [3.63, 3.8) is 0 Å². The van der Waals surface area contributed by atoms with Crippen LogP contribution in [0.4, 0.5) is 10.5 Å². The van der Waals surface area contributed by atoms with Gasteiger partial charge in [0.1, 0.15) is 22.7 Å². The van der Waals surface area contributed by atoms with Crippen molar-refractivity contribution in [2.75, 3.05) is 45.9 Å². The third kappa shape index (κ3) is 5.03. The van der Waals surface area contributed by atoms with E-state index in [1.807, 2.05) is 10.6 Å². The summed E-state index contributed by atoms with van der Waals surface area (Å²) in [7, 11) is 4.57. The number of ether oxygens (including phenoxy) is 3. The summed E-state index contributed by atoms with van der Waals surface area (Å²) in [6.07, 6.45) is 0.911. The summed E-state index contributed by atoms with van der Waals surface area (Å²) < 4.78 is 18.2. The number of fused-ring (bicyclic) bond motifs is 4. The van der Waals surface area contributed by atoms with Crippen LogP contribution in [0.2, 0.25) is 0 Å². The Morgan fingerprint density at radius 3 is 2.40 bits per heavy atom. The van der Waals surface area contributed by atoms with E-state index < -0.39 is 23.3 Å². The van der Waals surface area contributed by atoms with Crippen molar-refractivity contribution in [3.8, 4) is 17.2 Å². The SMILES string of the molecule is COc1cccc(N2C(=O)NC(=O)C(Cc3ccc(OC)cc3OC)(CN3C[C@H]4C[C@@H](C3)c3cccc(=O)n3C4)C2=O)c1. The summed E-state index contributed by atoms with van der Waals surface area (Å²) in [6.45, 7) is 1.82. The van der Waals surface area contributed by atoms with Gasteiger partial charge in [-0.1, -0.05) is 18.2 Å². The molecule has 43 heavy (non-hydrogen) atoms. The number of methoxy groups -OCH3 is 3. The lowest BCUT2D eigenvalue weighted by Gasteiger charge is -2.47. The van der Waals surface area contributed by atoms with E-state index in [1.165, 1.54) is 14.2 Å². The summed E-state index contributed by atoms with van der Waals surface area (Å²) in [5, 5.41) is 2.48. The maximum Gasteiger partial charge on any atom is 0.335 e. The molecule has 1 N–H and O–H groups in total. The highest BCUT2D eigenvalue weighted by Gasteiger charge is 2.56. The first-order valence-electron chi connectivity index (χ1n) is 14.2. The summed E-state index contributed by atoms with van der Waals surface area (Å²) in [5.74, 6) is 0.471. The molecule has 3 aliphatic heterocycles. The van der Waals surface area contributed by atoms with Crippen LogP contribution in [-0.2, 0) is 22.6 Å². The lowest BCUT2D eigenvalue weighted by molar-refractivity contribution is -0.144. The lowest BCUT2D eigenvalue weighted by Crippen LogP contribution is -2.68. The Kier molecular flexibility index (Phi) is 7.43. The maximum absolute atomic E-state index is 14.6. The molecular formula is C32H34N4O7. The molecule has 0 radical (unpaired) electrons. The number of hydrogen-bond acceptors (Lipinski definition) is 8. The third-order valence-electron chi connectivity index (χ3n) is 8.82. The van der Waals surface area contributed by atoms with Gasteiger partial charge >= 0.3 is 6.03 Å². The van der Waals surface area contributed by atoms with Crippen molar-refractivity contribution in [2.45, 2.75) is 25.3 Å². The molecule has 0 aliphatic carbocycles. The second-order valence-corrected chi connectivity index (χ2v) is 11.4. The van der Waals surface area contributed by atoms with Gasteiger partial charge < -0.3 is 23.7 Å². The number of pyridine rings is 1. The van der Waals surface area contributed by atoms with Crippen LogP contribution in [0.15, 0.2) is 65.5 Å². The van der Waals surface area contributed by atoms with E-state index >= 15 is 0 Å². The molecule has 4 heterocycles. The second-order valence-electron chi connectivity index (χ2n) is 11.4. The minimum absolute atomic E-state index is 0.0134. The zero-order chi connectivity index (χ0) is 30.3. The largest absolute Gasteiger partial charge is 0.497 e. The maximum atomic E-state index is 14.6. The second kappa shape index (κ2) is 11.2. The van der Waals surface area contributed by atoms with Gasteiger partial charge in [-0.05, 0) is 42.2 Å². The summed E-state index contributed by atoms with van der Waals surface area (Å²) in [6, 6.07) is 16.4. The van der Waals surface area contributed by atoms with Crippen molar-refractivity contribution in [1.82, 2.24) is 14.8 Å². The topological polar surface area (TPSA) is 119 Å². The van der Waals surface area contributed by atoms with E-state index in [1.54, 1.807) is 61.7 Å². The van der Waals surface area contributed by atoms with Crippen LogP contribution in [0.1, 0.15) is 23.6 Å². The van der Waals surface area contributed by atoms with Gasteiger partial charge in [-0.25, -0.2) is 9.69 Å².